The number of piperidine rings is 1. The molecule has 2 saturated heterocycles. The zero-order valence-corrected chi connectivity index (χ0v) is 9.67. The maximum atomic E-state index is 12.1. The van der Waals surface area contributed by atoms with Crippen LogP contribution >= 0.6 is 0 Å². The summed E-state index contributed by atoms with van der Waals surface area (Å²) in [7, 11) is 2.20. The van der Waals surface area contributed by atoms with Gasteiger partial charge in [-0.1, -0.05) is 0 Å². The lowest BCUT2D eigenvalue weighted by molar-refractivity contribution is -0.883. The predicted octanol–water partition coefficient (Wildman–Crippen LogP) is -2.54. The summed E-state index contributed by atoms with van der Waals surface area (Å²) in [6, 6.07) is 0.233. The van der Waals surface area contributed by atoms with Gasteiger partial charge in [-0.25, -0.2) is 0 Å². The van der Waals surface area contributed by atoms with Crippen LogP contribution in [0, 0.1) is 0 Å². The number of hydrogen-bond acceptors (Lipinski definition) is 1. The van der Waals surface area contributed by atoms with Crippen molar-refractivity contribution in [2.24, 2.45) is 0 Å². The van der Waals surface area contributed by atoms with Gasteiger partial charge in [0.25, 0.3) is 5.91 Å². The summed E-state index contributed by atoms with van der Waals surface area (Å²) in [5.41, 5.74) is 0. The van der Waals surface area contributed by atoms with Crippen LogP contribution in [0.1, 0.15) is 19.3 Å². The molecule has 0 saturated carbocycles. The molecule has 2 heterocycles. The zero-order chi connectivity index (χ0) is 10.7. The second-order valence-corrected chi connectivity index (χ2v) is 4.91. The van der Waals surface area contributed by atoms with Gasteiger partial charge in [-0.05, 0) is 12.8 Å². The van der Waals surface area contributed by atoms with Crippen LogP contribution in [-0.4, -0.2) is 56.6 Å². The third-order valence-electron chi connectivity index (χ3n) is 3.67. The molecular formula is C11H23N3O+2. The highest BCUT2D eigenvalue weighted by molar-refractivity contribution is 5.80. The molecule has 0 aromatic heterocycles. The van der Waals surface area contributed by atoms with Gasteiger partial charge in [0.05, 0.1) is 39.8 Å². The second-order valence-electron chi connectivity index (χ2n) is 4.91. The van der Waals surface area contributed by atoms with E-state index in [0.717, 1.165) is 39.1 Å². The fourth-order valence-electron chi connectivity index (χ4n) is 2.51. The van der Waals surface area contributed by atoms with Crippen LogP contribution < -0.4 is 10.2 Å². The molecule has 15 heavy (non-hydrogen) atoms. The van der Waals surface area contributed by atoms with Crippen molar-refractivity contribution in [3.63, 3.8) is 0 Å². The Balaban J connectivity index is 1.84. The first kappa shape index (κ1) is 10.9. The third kappa shape index (κ3) is 2.69. The number of carbonyl (C=O) groups excluding carboxylic acids is 1. The van der Waals surface area contributed by atoms with Crippen molar-refractivity contribution < 1.29 is 15.0 Å². The average molecular weight is 213 g/mol. The lowest BCUT2D eigenvalue weighted by Crippen LogP contribution is -3.12. The van der Waals surface area contributed by atoms with E-state index in [1.165, 1.54) is 12.8 Å². The summed E-state index contributed by atoms with van der Waals surface area (Å²) in [5, 5.41) is 2.23. The highest BCUT2D eigenvalue weighted by Crippen LogP contribution is 2.05. The van der Waals surface area contributed by atoms with E-state index in [1.54, 1.807) is 4.90 Å². The molecule has 3 N–H and O–H groups in total. The summed E-state index contributed by atoms with van der Waals surface area (Å²) in [6.07, 6.45) is 3.58. The number of nitrogens with one attached hydrogen (secondary N) is 1. The number of likely N-dealkylation sites (N-methyl/N-ethyl adjacent to an activating group) is 1. The van der Waals surface area contributed by atoms with E-state index in [-0.39, 0.29) is 6.04 Å². The van der Waals surface area contributed by atoms with Crippen molar-refractivity contribution >= 4 is 5.91 Å². The molecule has 4 nitrogen and oxygen atoms in total. The highest BCUT2D eigenvalue weighted by atomic mass is 16.2. The molecule has 86 valence electrons. The standard InChI is InChI=1S/C11H21N3O/c1-13-6-8-14(9-7-13)11(15)10-4-2-3-5-12-10/h10,12H,2-9H2,1H3/p+2/t10-/m1/s1. The van der Waals surface area contributed by atoms with Gasteiger partial charge in [0, 0.05) is 6.42 Å². The number of amides is 1. The lowest BCUT2D eigenvalue weighted by Gasteiger charge is -2.32. The maximum Gasteiger partial charge on any atom is 0.281 e. The average Bonchev–Trinajstić information content (AvgIpc) is 2.30. The molecule has 1 atom stereocenters. The minimum absolute atomic E-state index is 0.233. The van der Waals surface area contributed by atoms with Gasteiger partial charge in [0.2, 0.25) is 0 Å². The molecule has 2 fully saturated rings. The minimum Gasteiger partial charge on any atom is -0.336 e. The summed E-state index contributed by atoms with van der Waals surface area (Å²) in [4.78, 5) is 15.8. The molecule has 0 aromatic carbocycles. The fraction of sp³-hybridized carbons (Fsp3) is 0.909. The molecule has 2 rings (SSSR count). The molecule has 2 aliphatic heterocycles. The number of nitrogens with two attached hydrogens (primary N) is 1. The summed E-state index contributed by atoms with van der Waals surface area (Å²) >= 11 is 0. The van der Waals surface area contributed by atoms with Crippen molar-refractivity contribution in [1.82, 2.24) is 4.90 Å². The van der Waals surface area contributed by atoms with Gasteiger partial charge >= 0.3 is 0 Å². The van der Waals surface area contributed by atoms with Crippen molar-refractivity contribution in [2.45, 2.75) is 25.3 Å². The van der Waals surface area contributed by atoms with E-state index in [9.17, 15) is 4.79 Å². The predicted molar refractivity (Wildman–Crippen MR) is 57.6 cm³/mol. The number of rotatable bonds is 1. The summed E-state index contributed by atoms with van der Waals surface area (Å²) in [5.74, 6) is 0.391. The Kier molecular flexibility index (Phi) is 3.59. The Morgan fingerprint density at radius 1 is 1.33 bits per heavy atom. The molecule has 0 bridgehead atoms. The molecule has 0 aliphatic carbocycles. The topological polar surface area (TPSA) is 41.4 Å². The quantitative estimate of drug-likeness (QED) is 0.495. The van der Waals surface area contributed by atoms with Gasteiger partial charge in [-0.2, -0.15) is 0 Å². The van der Waals surface area contributed by atoms with Crippen molar-refractivity contribution in [1.29, 1.82) is 0 Å². The molecule has 4 heteroatoms. The van der Waals surface area contributed by atoms with E-state index in [4.69, 9.17) is 0 Å². The lowest BCUT2D eigenvalue weighted by atomic mass is 10.0. The van der Waals surface area contributed by atoms with E-state index in [2.05, 4.69) is 17.3 Å². The van der Waals surface area contributed by atoms with Crippen molar-refractivity contribution in [3.05, 3.63) is 0 Å². The number of quaternary nitrogens is 2. The Labute approximate surface area is 91.6 Å². The van der Waals surface area contributed by atoms with Gasteiger partial charge in [0.1, 0.15) is 0 Å². The first-order valence-electron chi connectivity index (χ1n) is 6.21. The first-order valence-corrected chi connectivity index (χ1v) is 6.21. The fourth-order valence-corrected chi connectivity index (χ4v) is 2.51. The summed E-state index contributed by atoms with van der Waals surface area (Å²) in [6.45, 7) is 5.26. The SMILES string of the molecule is C[NH+]1CCN(C(=O)[C@H]2CCCC[NH2+]2)CC1. The minimum atomic E-state index is 0.233. The van der Waals surface area contributed by atoms with E-state index >= 15 is 0 Å². The monoisotopic (exact) mass is 213 g/mol. The summed E-state index contributed by atoms with van der Waals surface area (Å²) < 4.78 is 0. The van der Waals surface area contributed by atoms with Gasteiger partial charge in [-0.3, -0.25) is 4.79 Å². The smallest absolute Gasteiger partial charge is 0.281 e. The van der Waals surface area contributed by atoms with Gasteiger partial charge in [0.15, 0.2) is 6.04 Å². The van der Waals surface area contributed by atoms with Crippen molar-refractivity contribution in [2.75, 3.05) is 39.8 Å². The Morgan fingerprint density at radius 2 is 2.07 bits per heavy atom. The Bertz CT molecular complexity index is 218. The Hall–Kier alpha value is -0.610. The molecule has 1 amide bonds. The van der Waals surface area contributed by atoms with Gasteiger partial charge < -0.3 is 15.1 Å². The van der Waals surface area contributed by atoms with E-state index in [1.807, 2.05) is 0 Å². The number of piperazine rings is 1. The highest BCUT2D eigenvalue weighted by Gasteiger charge is 2.31. The van der Waals surface area contributed by atoms with Crippen LogP contribution in [0.3, 0.4) is 0 Å². The molecule has 0 radical (unpaired) electrons. The second kappa shape index (κ2) is 4.94. The van der Waals surface area contributed by atoms with Crippen LogP contribution in [0.4, 0.5) is 0 Å². The number of carbonyl (C=O) groups is 1. The molecule has 0 aromatic rings. The largest absolute Gasteiger partial charge is 0.336 e. The first-order chi connectivity index (χ1) is 7.27. The number of hydrogen-bond donors (Lipinski definition) is 2. The molecule has 2 aliphatic rings. The number of nitrogens with zero attached hydrogens (tertiary/aromatic N) is 1. The normalized spacial score (nSPS) is 29.1. The molecule has 0 unspecified atom stereocenters. The Morgan fingerprint density at radius 3 is 2.67 bits per heavy atom. The van der Waals surface area contributed by atoms with Crippen LogP contribution in [0.5, 0.6) is 0 Å². The molecular weight excluding hydrogens is 190 g/mol. The van der Waals surface area contributed by atoms with Crippen LogP contribution in [-0.2, 0) is 4.79 Å². The molecule has 0 spiro atoms. The maximum absolute atomic E-state index is 12.1. The van der Waals surface area contributed by atoms with Crippen LogP contribution in [0.15, 0.2) is 0 Å². The van der Waals surface area contributed by atoms with Gasteiger partial charge in [-0.15, -0.1) is 0 Å². The third-order valence-corrected chi connectivity index (χ3v) is 3.67. The zero-order valence-electron chi connectivity index (χ0n) is 9.67. The van der Waals surface area contributed by atoms with Crippen LogP contribution in [0.2, 0.25) is 0 Å². The van der Waals surface area contributed by atoms with Crippen molar-refractivity contribution in [3.8, 4) is 0 Å². The van der Waals surface area contributed by atoms with E-state index in [0.29, 0.717) is 5.91 Å². The van der Waals surface area contributed by atoms with Crippen LogP contribution in [0.25, 0.3) is 0 Å². The van der Waals surface area contributed by atoms with E-state index < -0.39 is 0 Å².